The highest BCUT2D eigenvalue weighted by atomic mass is 35.5. The fourth-order valence-electron chi connectivity index (χ4n) is 1.40. The van der Waals surface area contributed by atoms with Gasteiger partial charge in [-0.25, -0.2) is 0 Å². The average Bonchev–Trinajstić information content (AvgIpc) is 2.91. The fraction of sp³-hybridized carbons (Fsp3) is 0.333. The van der Waals surface area contributed by atoms with Crippen LogP contribution in [0.4, 0.5) is 0 Å². The van der Waals surface area contributed by atoms with E-state index < -0.39 is 0 Å². The van der Waals surface area contributed by atoms with Crippen molar-refractivity contribution in [3.05, 3.63) is 32.7 Å². The normalized spacial score (nSPS) is 15.4. The summed E-state index contributed by atoms with van der Waals surface area (Å²) in [5.74, 6) is 0.324. The van der Waals surface area contributed by atoms with Crippen LogP contribution in [0.1, 0.15) is 29.9 Å². The van der Waals surface area contributed by atoms with Crippen molar-refractivity contribution in [2.45, 2.75) is 18.8 Å². The Morgan fingerprint density at radius 1 is 1.62 bits per heavy atom. The Bertz CT molecular complexity index is 440. The Labute approximate surface area is 80.0 Å². The Balaban J connectivity index is 2.69. The zero-order valence-electron chi connectivity index (χ0n) is 6.80. The van der Waals surface area contributed by atoms with E-state index in [1.165, 1.54) is 6.20 Å². The van der Waals surface area contributed by atoms with E-state index in [2.05, 4.69) is 4.98 Å². The standard InChI is InChI=1S/C9H7ClN2O/c10-7-4-12-9(13)6(3-11)8(7)5-1-2-5/h4-5H,1-2H2,(H,12,13). The molecule has 1 N–H and O–H groups in total. The van der Waals surface area contributed by atoms with Crippen molar-refractivity contribution in [1.82, 2.24) is 4.98 Å². The highest BCUT2D eigenvalue weighted by Gasteiger charge is 2.29. The van der Waals surface area contributed by atoms with E-state index in [0.29, 0.717) is 10.9 Å². The topological polar surface area (TPSA) is 56.6 Å². The Hall–Kier alpha value is -1.27. The third-order valence-corrected chi connectivity index (χ3v) is 2.49. The smallest absolute Gasteiger partial charge is 0.266 e. The van der Waals surface area contributed by atoms with Gasteiger partial charge in [0.1, 0.15) is 11.6 Å². The minimum Gasteiger partial charge on any atom is -0.326 e. The maximum atomic E-state index is 11.2. The molecule has 2 rings (SSSR count). The van der Waals surface area contributed by atoms with Crippen LogP contribution in [0.5, 0.6) is 0 Å². The first-order chi connectivity index (χ1) is 6.24. The van der Waals surface area contributed by atoms with Gasteiger partial charge in [0.15, 0.2) is 0 Å². The molecule has 1 heterocycles. The predicted octanol–water partition coefficient (Wildman–Crippen LogP) is 1.78. The number of aromatic amines is 1. The maximum absolute atomic E-state index is 11.2. The van der Waals surface area contributed by atoms with Gasteiger partial charge >= 0.3 is 0 Å². The van der Waals surface area contributed by atoms with Gasteiger partial charge in [-0.1, -0.05) is 11.6 Å². The van der Waals surface area contributed by atoms with E-state index in [1.54, 1.807) is 0 Å². The molecule has 0 amide bonds. The number of nitriles is 1. The average molecular weight is 195 g/mol. The molecule has 13 heavy (non-hydrogen) atoms. The van der Waals surface area contributed by atoms with E-state index >= 15 is 0 Å². The van der Waals surface area contributed by atoms with Gasteiger partial charge in [-0.3, -0.25) is 4.79 Å². The van der Waals surface area contributed by atoms with Crippen LogP contribution in [0.25, 0.3) is 0 Å². The zero-order chi connectivity index (χ0) is 9.42. The molecular formula is C9H7ClN2O. The zero-order valence-corrected chi connectivity index (χ0v) is 7.56. The number of nitrogens with one attached hydrogen (secondary N) is 1. The van der Waals surface area contributed by atoms with Crippen molar-refractivity contribution in [3.8, 4) is 6.07 Å². The molecular weight excluding hydrogens is 188 g/mol. The summed E-state index contributed by atoms with van der Waals surface area (Å²) in [5, 5.41) is 9.27. The minimum absolute atomic E-state index is 0.176. The van der Waals surface area contributed by atoms with E-state index in [-0.39, 0.29) is 11.1 Å². The van der Waals surface area contributed by atoms with Gasteiger partial charge in [0.25, 0.3) is 5.56 Å². The van der Waals surface area contributed by atoms with Gasteiger partial charge in [-0.05, 0) is 24.3 Å². The number of H-pyrrole nitrogens is 1. The number of rotatable bonds is 1. The molecule has 0 radical (unpaired) electrons. The second kappa shape index (κ2) is 2.90. The molecule has 1 aromatic rings. The van der Waals surface area contributed by atoms with Crippen LogP contribution >= 0.6 is 11.6 Å². The Kier molecular flexibility index (Phi) is 1.86. The van der Waals surface area contributed by atoms with E-state index in [9.17, 15) is 4.79 Å². The first-order valence-electron chi connectivity index (χ1n) is 4.05. The lowest BCUT2D eigenvalue weighted by molar-refractivity contribution is 1.07. The predicted molar refractivity (Wildman–Crippen MR) is 48.8 cm³/mol. The third kappa shape index (κ3) is 1.34. The molecule has 1 aliphatic rings. The van der Waals surface area contributed by atoms with Crippen LogP contribution in [-0.4, -0.2) is 4.98 Å². The molecule has 0 aliphatic heterocycles. The van der Waals surface area contributed by atoms with Gasteiger partial charge in [0.2, 0.25) is 0 Å². The van der Waals surface area contributed by atoms with Crippen molar-refractivity contribution in [1.29, 1.82) is 5.26 Å². The summed E-state index contributed by atoms with van der Waals surface area (Å²) in [4.78, 5) is 13.7. The number of aromatic nitrogens is 1. The van der Waals surface area contributed by atoms with E-state index in [1.807, 2.05) is 6.07 Å². The Morgan fingerprint density at radius 3 is 2.85 bits per heavy atom. The first-order valence-corrected chi connectivity index (χ1v) is 4.43. The van der Waals surface area contributed by atoms with Crippen LogP contribution in [0.2, 0.25) is 5.02 Å². The SMILES string of the molecule is N#Cc1c(C2CC2)c(Cl)c[nH]c1=O. The number of halogens is 1. The Morgan fingerprint density at radius 2 is 2.31 bits per heavy atom. The molecule has 4 heteroatoms. The quantitative estimate of drug-likeness (QED) is 0.741. The monoisotopic (exact) mass is 194 g/mol. The molecule has 3 nitrogen and oxygen atoms in total. The van der Waals surface area contributed by atoms with E-state index in [4.69, 9.17) is 16.9 Å². The molecule has 0 aromatic carbocycles. The lowest BCUT2D eigenvalue weighted by Gasteiger charge is -2.02. The summed E-state index contributed by atoms with van der Waals surface area (Å²) in [7, 11) is 0. The molecule has 1 saturated carbocycles. The van der Waals surface area contributed by atoms with Crippen molar-refractivity contribution in [3.63, 3.8) is 0 Å². The molecule has 1 aromatic heterocycles. The minimum atomic E-state index is -0.339. The third-order valence-electron chi connectivity index (χ3n) is 2.18. The second-order valence-corrected chi connectivity index (χ2v) is 3.55. The highest BCUT2D eigenvalue weighted by molar-refractivity contribution is 6.31. The molecule has 0 atom stereocenters. The molecule has 0 unspecified atom stereocenters. The van der Waals surface area contributed by atoms with Gasteiger partial charge in [0.05, 0.1) is 5.02 Å². The number of hydrogen-bond acceptors (Lipinski definition) is 2. The van der Waals surface area contributed by atoms with Crippen LogP contribution in [0.3, 0.4) is 0 Å². The first kappa shape index (κ1) is 8.33. The number of nitrogens with zero attached hydrogens (tertiary/aromatic N) is 1. The van der Waals surface area contributed by atoms with Crippen molar-refractivity contribution < 1.29 is 0 Å². The number of hydrogen-bond donors (Lipinski definition) is 1. The maximum Gasteiger partial charge on any atom is 0.266 e. The lowest BCUT2D eigenvalue weighted by atomic mass is 10.1. The molecule has 0 bridgehead atoms. The highest BCUT2D eigenvalue weighted by Crippen LogP contribution is 2.43. The summed E-state index contributed by atoms with van der Waals surface area (Å²) in [6.07, 6.45) is 3.51. The lowest BCUT2D eigenvalue weighted by Crippen LogP contribution is -2.12. The van der Waals surface area contributed by atoms with E-state index in [0.717, 1.165) is 18.4 Å². The van der Waals surface area contributed by atoms with Crippen molar-refractivity contribution in [2.24, 2.45) is 0 Å². The van der Waals surface area contributed by atoms with Crippen LogP contribution in [0.15, 0.2) is 11.0 Å². The molecule has 0 saturated heterocycles. The summed E-state index contributed by atoms with van der Waals surface area (Å²) >= 11 is 5.89. The van der Waals surface area contributed by atoms with Crippen molar-refractivity contribution >= 4 is 11.6 Å². The molecule has 1 aliphatic carbocycles. The molecule has 1 fully saturated rings. The fourth-order valence-corrected chi connectivity index (χ4v) is 1.71. The van der Waals surface area contributed by atoms with Gasteiger partial charge < -0.3 is 4.98 Å². The van der Waals surface area contributed by atoms with Gasteiger partial charge in [-0.15, -0.1) is 0 Å². The summed E-state index contributed by atoms with van der Waals surface area (Å²) in [5.41, 5.74) is 0.566. The molecule has 0 spiro atoms. The summed E-state index contributed by atoms with van der Waals surface area (Å²) in [6.45, 7) is 0. The summed E-state index contributed by atoms with van der Waals surface area (Å²) in [6, 6.07) is 1.90. The largest absolute Gasteiger partial charge is 0.326 e. The van der Waals surface area contributed by atoms with Crippen LogP contribution in [0, 0.1) is 11.3 Å². The number of pyridine rings is 1. The second-order valence-electron chi connectivity index (χ2n) is 3.14. The molecule has 66 valence electrons. The summed E-state index contributed by atoms with van der Waals surface area (Å²) < 4.78 is 0. The van der Waals surface area contributed by atoms with Crippen LogP contribution in [-0.2, 0) is 0 Å². The van der Waals surface area contributed by atoms with Gasteiger partial charge in [0, 0.05) is 6.20 Å². The van der Waals surface area contributed by atoms with Crippen molar-refractivity contribution in [2.75, 3.05) is 0 Å². The van der Waals surface area contributed by atoms with Gasteiger partial charge in [-0.2, -0.15) is 5.26 Å². The van der Waals surface area contributed by atoms with Crippen LogP contribution < -0.4 is 5.56 Å².